The summed E-state index contributed by atoms with van der Waals surface area (Å²) in [5, 5.41) is 3.04. The molecule has 3 N–H and O–H groups in total. The second kappa shape index (κ2) is 8.76. The Balaban J connectivity index is 0.00000324. The summed E-state index contributed by atoms with van der Waals surface area (Å²) in [6, 6.07) is 0. The van der Waals surface area contributed by atoms with E-state index < -0.39 is 0 Å². The Kier molecular flexibility index (Phi) is 8.60. The van der Waals surface area contributed by atoms with Crippen LogP contribution in [0.2, 0.25) is 0 Å². The molecule has 0 bridgehead atoms. The molecule has 112 valence electrons. The number of hydrogen-bond acceptors (Lipinski definition) is 3. The van der Waals surface area contributed by atoms with E-state index in [-0.39, 0.29) is 29.5 Å². The maximum atomic E-state index is 5.81. The van der Waals surface area contributed by atoms with Crippen LogP contribution in [0.25, 0.3) is 0 Å². The molecule has 0 radical (unpaired) electrons. The highest BCUT2D eigenvalue weighted by Gasteiger charge is 2.27. The molecule has 0 saturated carbocycles. The number of guanidine groups is 1. The molecule has 0 spiro atoms. The Morgan fingerprint density at radius 3 is 2.53 bits per heavy atom. The number of nitrogens with two attached hydrogens (primary N) is 1. The lowest BCUT2D eigenvalue weighted by molar-refractivity contribution is -0.00682. The van der Waals surface area contributed by atoms with Gasteiger partial charge in [0, 0.05) is 25.2 Å². The smallest absolute Gasteiger partial charge is 0.188 e. The van der Waals surface area contributed by atoms with Crippen LogP contribution in [-0.2, 0) is 4.74 Å². The van der Waals surface area contributed by atoms with Gasteiger partial charge >= 0.3 is 0 Å². The summed E-state index contributed by atoms with van der Waals surface area (Å²) < 4.78 is 5.36. The minimum Gasteiger partial charge on any atom is -0.379 e. The van der Waals surface area contributed by atoms with Crippen molar-refractivity contribution in [1.29, 1.82) is 0 Å². The fourth-order valence-electron chi connectivity index (χ4n) is 1.84. The minimum absolute atomic E-state index is 0. The van der Waals surface area contributed by atoms with Crippen LogP contribution in [0.15, 0.2) is 17.1 Å². The first-order valence-corrected chi connectivity index (χ1v) is 6.43. The highest BCUT2D eigenvalue weighted by Crippen LogP contribution is 2.16. The zero-order chi connectivity index (χ0) is 13.6. The van der Waals surface area contributed by atoms with Gasteiger partial charge < -0.3 is 15.8 Å². The molecule has 0 aromatic rings. The standard InChI is InChI=1S/C13H26N4O.HI/c1-11(2)9-15-12(14)16-10-13(3,4)17-5-7-18-8-6-17;/h1,5-10H2,2-4H3,(H3,14,15,16);1H. The lowest BCUT2D eigenvalue weighted by Gasteiger charge is -2.39. The Morgan fingerprint density at radius 1 is 1.42 bits per heavy atom. The van der Waals surface area contributed by atoms with Crippen molar-refractivity contribution >= 4 is 29.9 Å². The van der Waals surface area contributed by atoms with Crippen LogP contribution in [-0.4, -0.2) is 55.8 Å². The van der Waals surface area contributed by atoms with Crippen LogP contribution in [0.4, 0.5) is 0 Å². The van der Waals surface area contributed by atoms with Crippen LogP contribution in [0.3, 0.4) is 0 Å². The number of halogens is 1. The third-order valence-corrected chi connectivity index (χ3v) is 3.07. The highest BCUT2D eigenvalue weighted by atomic mass is 127. The quantitative estimate of drug-likeness (QED) is 0.325. The molecule has 5 nitrogen and oxygen atoms in total. The van der Waals surface area contributed by atoms with E-state index in [1.165, 1.54) is 0 Å². The third-order valence-electron chi connectivity index (χ3n) is 3.07. The molecular weight excluding hydrogens is 355 g/mol. The van der Waals surface area contributed by atoms with E-state index in [2.05, 4.69) is 35.6 Å². The van der Waals surface area contributed by atoms with Gasteiger partial charge in [-0.25, -0.2) is 0 Å². The van der Waals surface area contributed by atoms with Crippen molar-refractivity contribution in [3.8, 4) is 0 Å². The summed E-state index contributed by atoms with van der Waals surface area (Å²) in [5.41, 5.74) is 6.87. The van der Waals surface area contributed by atoms with Crippen molar-refractivity contribution in [3.63, 3.8) is 0 Å². The van der Waals surface area contributed by atoms with Gasteiger partial charge in [0.25, 0.3) is 0 Å². The molecule has 1 aliphatic rings. The van der Waals surface area contributed by atoms with Gasteiger partial charge in [-0.05, 0) is 20.8 Å². The van der Waals surface area contributed by atoms with Crippen LogP contribution >= 0.6 is 24.0 Å². The molecule has 0 aliphatic carbocycles. The number of aliphatic imine (C=N–C) groups is 1. The van der Waals surface area contributed by atoms with Gasteiger partial charge in [0.2, 0.25) is 0 Å². The second-order valence-electron chi connectivity index (χ2n) is 5.42. The summed E-state index contributed by atoms with van der Waals surface area (Å²) in [4.78, 5) is 6.80. The molecule has 0 unspecified atom stereocenters. The fraction of sp³-hybridized carbons (Fsp3) is 0.769. The van der Waals surface area contributed by atoms with Gasteiger partial charge in [-0.1, -0.05) is 12.2 Å². The van der Waals surface area contributed by atoms with E-state index in [9.17, 15) is 0 Å². The summed E-state index contributed by atoms with van der Waals surface area (Å²) >= 11 is 0. The normalized spacial score (nSPS) is 17.7. The lowest BCUT2D eigenvalue weighted by atomic mass is 10.0. The number of morpholine rings is 1. The number of hydrogen-bond donors (Lipinski definition) is 2. The molecule has 6 heteroatoms. The topological polar surface area (TPSA) is 62.9 Å². The molecule has 0 aromatic heterocycles. The molecule has 1 heterocycles. The van der Waals surface area contributed by atoms with Crippen LogP contribution in [0.5, 0.6) is 0 Å². The van der Waals surface area contributed by atoms with E-state index in [1.807, 2.05) is 6.92 Å². The third kappa shape index (κ3) is 7.12. The molecule has 1 fully saturated rings. The second-order valence-corrected chi connectivity index (χ2v) is 5.42. The summed E-state index contributed by atoms with van der Waals surface area (Å²) in [7, 11) is 0. The first kappa shape index (κ1) is 18.7. The molecule has 19 heavy (non-hydrogen) atoms. The molecule has 1 saturated heterocycles. The van der Waals surface area contributed by atoms with Crippen molar-refractivity contribution in [2.45, 2.75) is 26.3 Å². The van der Waals surface area contributed by atoms with Crippen LogP contribution in [0.1, 0.15) is 20.8 Å². The minimum atomic E-state index is 0. The first-order valence-electron chi connectivity index (χ1n) is 6.43. The van der Waals surface area contributed by atoms with Crippen molar-refractivity contribution in [3.05, 3.63) is 12.2 Å². The highest BCUT2D eigenvalue weighted by molar-refractivity contribution is 14.0. The average molecular weight is 382 g/mol. The Hall–Kier alpha value is -0.340. The predicted molar refractivity (Wildman–Crippen MR) is 91.2 cm³/mol. The number of rotatable bonds is 5. The predicted octanol–water partition coefficient (Wildman–Crippen LogP) is 1.20. The molecule has 0 aromatic carbocycles. The molecule has 0 atom stereocenters. The van der Waals surface area contributed by atoms with Crippen molar-refractivity contribution < 1.29 is 4.74 Å². The average Bonchev–Trinajstić information content (AvgIpc) is 2.35. The number of nitrogens with zero attached hydrogens (tertiary/aromatic N) is 2. The van der Waals surface area contributed by atoms with Gasteiger partial charge in [0.15, 0.2) is 5.96 Å². The number of ether oxygens (including phenoxy) is 1. The van der Waals surface area contributed by atoms with Gasteiger partial charge in [-0.3, -0.25) is 9.89 Å². The van der Waals surface area contributed by atoms with E-state index in [0.29, 0.717) is 19.0 Å². The Morgan fingerprint density at radius 2 is 2.00 bits per heavy atom. The first-order chi connectivity index (χ1) is 8.42. The Labute approximate surface area is 133 Å². The summed E-state index contributed by atoms with van der Waals surface area (Å²) in [5.74, 6) is 0.485. The molecule has 1 rings (SSSR count). The zero-order valence-corrected chi connectivity index (χ0v) is 14.6. The van der Waals surface area contributed by atoms with E-state index in [0.717, 1.165) is 31.9 Å². The van der Waals surface area contributed by atoms with Crippen molar-refractivity contribution in [2.24, 2.45) is 10.7 Å². The maximum absolute atomic E-state index is 5.81. The van der Waals surface area contributed by atoms with E-state index >= 15 is 0 Å². The fourth-order valence-corrected chi connectivity index (χ4v) is 1.84. The molecular formula is C13H27IN4O. The molecule has 1 aliphatic heterocycles. The SMILES string of the molecule is C=C(C)CNC(N)=NCC(C)(C)N1CCOCC1.I. The monoisotopic (exact) mass is 382 g/mol. The van der Waals surface area contributed by atoms with E-state index in [4.69, 9.17) is 10.5 Å². The van der Waals surface area contributed by atoms with Gasteiger partial charge in [0.05, 0.1) is 19.8 Å². The van der Waals surface area contributed by atoms with Gasteiger partial charge in [0.1, 0.15) is 0 Å². The lowest BCUT2D eigenvalue weighted by Crippen LogP contribution is -2.52. The largest absolute Gasteiger partial charge is 0.379 e. The zero-order valence-electron chi connectivity index (χ0n) is 12.2. The summed E-state index contributed by atoms with van der Waals surface area (Å²) in [6.07, 6.45) is 0. The van der Waals surface area contributed by atoms with Crippen molar-refractivity contribution in [1.82, 2.24) is 10.2 Å². The van der Waals surface area contributed by atoms with Crippen molar-refractivity contribution in [2.75, 3.05) is 39.4 Å². The molecule has 0 amide bonds. The number of nitrogens with one attached hydrogen (secondary N) is 1. The van der Waals surface area contributed by atoms with Gasteiger partial charge in [-0.15, -0.1) is 24.0 Å². The van der Waals surface area contributed by atoms with E-state index in [1.54, 1.807) is 0 Å². The Bertz CT molecular complexity index is 312. The maximum Gasteiger partial charge on any atom is 0.188 e. The van der Waals surface area contributed by atoms with Gasteiger partial charge in [-0.2, -0.15) is 0 Å². The summed E-state index contributed by atoms with van der Waals surface area (Å²) in [6.45, 7) is 15.0. The van der Waals surface area contributed by atoms with Crippen LogP contribution < -0.4 is 11.1 Å². The van der Waals surface area contributed by atoms with Crippen LogP contribution in [0, 0.1) is 0 Å².